The molecule has 2 unspecified atom stereocenters. The molecule has 0 aliphatic carbocycles. The van der Waals surface area contributed by atoms with E-state index in [1.807, 2.05) is 0 Å². The van der Waals surface area contributed by atoms with Crippen molar-refractivity contribution >= 4 is 12.4 Å². The zero-order valence-corrected chi connectivity index (χ0v) is 13.2. The van der Waals surface area contributed by atoms with Gasteiger partial charge in [0, 0.05) is 18.7 Å². The van der Waals surface area contributed by atoms with Crippen LogP contribution in [0.1, 0.15) is 17.5 Å². The zero-order chi connectivity index (χ0) is 13.2. The van der Waals surface area contributed by atoms with E-state index in [-0.39, 0.29) is 12.4 Å². The molecule has 1 N–H and O–H groups in total. The van der Waals surface area contributed by atoms with Crippen molar-refractivity contribution in [1.82, 2.24) is 10.2 Å². The molecule has 2 atom stereocenters. The van der Waals surface area contributed by atoms with E-state index in [1.165, 1.54) is 43.7 Å². The van der Waals surface area contributed by atoms with Gasteiger partial charge in [-0.1, -0.05) is 17.7 Å². The van der Waals surface area contributed by atoms with Crippen molar-refractivity contribution in [3.05, 3.63) is 29.3 Å². The minimum absolute atomic E-state index is 0. The number of hydrogen-bond donors (Lipinski definition) is 1. The van der Waals surface area contributed by atoms with Crippen LogP contribution in [0.5, 0.6) is 5.75 Å². The van der Waals surface area contributed by atoms with Crippen LogP contribution in [-0.4, -0.2) is 38.2 Å². The van der Waals surface area contributed by atoms with Crippen LogP contribution >= 0.6 is 12.4 Å². The summed E-state index contributed by atoms with van der Waals surface area (Å²) in [7, 11) is 1.77. The monoisotopic (exact) mass is 296 g/mol. The predicted molar refractivity (Wildman–Crippen MR) is 84.7 cm³/mol. The molecule has 0 spiro atoms. The maximum Gasteiger partial charge on any atom is 0.123 e. The molecule has 112 valence electrons. The van der Waals surface area contributed by atoms with Gasteiger partial charge >= 0.3 is 0 Å². The summed E-state index contributed by atoms with van der Waals surface area (Å²) in [5.41, 5.74) is 2.64. The summed E-state index contributed by atoms with van der Waals surface area (Å²) in [4.78, 5) is 2.59. The Bertz CT molecular complexity index is 452. The first-order chi connectivity index (χ1) is 9.26. The second kappa shape index (κ2) is 6.79. The van der Waals surface area contributed by atoms with E-state index >= 15 is 0 Å². The van der Waals surface area contributed by atoms with Gasteiger partial charge in [-0.3, -0.25) is 4.90 Å². The highest BCUT2D eigenvalue weighted by Gasteiger charge is 2.32. The number of fused-ring (bicyclic) bond motifs is 1. The fraction of sp³-hybridized carbons (Fsp3) is 0.625. The Morgan fingerprint density at radius 1 is 1.30 bits per heavy atom. The maximum absolute atomic E-state index is 5.49. The van der Waals surface area contributed by atoms with Crippen LogP contribution in [-0.2, 0) is 6.54 Å². The average molecular weight is 297 g/mol. The fourth-order valence-corrected chi connectivity index (χ4v) is 3.53. The van der Waals surface area contributed by atoms with E-state index in [9.17, 15) is 0 Å². The average Bonchev–Trinajstić information content (AvgIpc) is 2.86. The lowest BCUT2D eigenvalue weighted by Gasteiger charge is -2.34. The molecule has 2 aliphatic rings. The van der Waals surface area contributed by atoms with Crippen molar-refractivity contribution in [1.29, 1.82) is 0 Å². The van der Waals surface area contributed by atoms with Crippen molar-refractivity contribution in [2.24, 2.45) is 11.8 Å². The highest BCUT2D eigenvalue weighted by Crippen LogP contribution is 2.29. The Morgan fingerprint density at radius 3 is 2.90 bits per heavy atom. The van der Waals surface area contributed by atoms with Gasteiger partial charge in [-0.25, -0.2) is 0 Å². The Kier molecular flexibility index (Phi) is 5.30. The van der Waals surface area contributed by atoms with E-state index in [1.54, 1.807) is 7.11 Å². The van der Waals surface area contributed by atoms with Crippen LogP contribution in [0.3, 0.4) is 0 Å². The lowest BCUT2D eigenvalue weighted by atomic mass is 9.88. The molecule has 20 heavy (non-hydrogen) atoms. The number of nitrogens with zero attached hydrogens (tertiary/aromatic N) is 1. The van der Waals surface area contributed by atoms with Gasteiger partial charge in [0.2, 0.25) is 0 Å². The van der Waals surface area contributed by atoms with E-state index in [4.69, 9.17) is 4.74 Å². The molecule has 0 radical (unpaired) electrons. The van der Waals surface area contributed by atoms with Gasteiger partial charge in [0.1, 0.15) is 5.75 Å². The number of rotatable bonds is 3. The van der Waals surface area contributed by atoms with Crippen molar-refractivity contribution in [3.8, 4) is 5.75 Å². The third-order valence-corrected chi connectivity index (χ3v) is 4.62. The number of nitrogens with one attached hydrogen (secondary N) is 1. The molecule has 2 heterocycles. The molecule has 2 fully saturated rings. The molecule has 0 amide bonds. The Hall–Kier alpha value is -0.770. The standard InChI is InChI=1S/C16H24N2O.ClH/c1-12-3-4-16(19-2)14(7-12)10-18-6-5-13-8-17-9-15(13)11-18;/h3-4,7,13,15,17H,5-6,8-11H2,1-2H3;1H. The molecule has 0 aromatic heterocycles. The molecule has 3 rings (SSSR count). The fourth-order valence-electron chi connectivity index (χ4n) is 3.53. The summed E-state index contributed by atoms with van der Waals surface area (Å²) in [5.74, 6) is 2.79. The van der Waals surface area contributed by atoms with Crippen LogP contribution in [0.25, 0.3) is 0 Å². The quantitative estimate of drug-likeness (QED) is 0.927. The van der Waals surface area contributed by atoms with Crippen molar-refractivity contribution in [2.75, 3.05) is 33.3 Å². The van der Waals surface area contributed by atoms with Crippen LogP contribution < -0.4 is 10.1 Å². The number of halogens is 1. The van der Waals surface area contributed by atoms with Crippen LogP contribution in [0, 0.1) is 18.8 Å². The van der Waals surface area contributed by atoms with Crippen LogP contribution in [0.15, 0.2) is 18.2 Å². The first kappa shape index (κ1) is 15.6. The minimum atomic E-state index is 0. The highest BCUT2D eigenvalue weighted by molar-refractivity contribution is 5.85. The smallest absolute Gasteiger partial charge is 0.123 e. The summed E-state index contributed by atoms with van der Waals surface area (Å²) >= 11 is 0. The van der Waals surface area contributed by atoms with Crippen molar-refractivity contribution in [2.45, 2.75) is 19.9 Å². The van der Waals surface area contributed by atoms with Gasteiger partial charge in [0.25, 0.3) is 0 Å². The zero-order valence-electron chi connectivity index (χ0n) is 12.4. The number of benzene rings is 1. The van der Waals surface area contributed by atoms with Crippen LogP contribution in [0.4, 0.5) is 0 Å². The number of likely N-dealkylation sites (tertiary alicyclic amines) is 1. The third-order valence-electron chi connectivity index (χ3n) is 4.62. The molecule has 2 saturated heterocycles. The lowest BCUT2D eigenvalue weighted by Crippen LogP contribution is -2.39. The molecule has 1 aromatic rings. The summed E-state index contributed by atoms with van der Waals surface area (Å²) in [6.07, 6.45) is 1.34. The van der Waals surface area contributed by atoms with E-state index in [2.05, 4.69) is 35.3 Å². The van der Waals surface area contributed by atoms with E-state index < -0.39 is 0 Å². The number of piperidine rings is 1. The van der Waals surface area contributed by atoms with Gasteiger partial charge in [0.05, 0.1) is 7.11 Å². The number of hydrogen-bond acceptors (Lipinski definition) is 3. The topological polar surface area (TPSA) is 24.5 Å². The Morgan fingerprint density at radius 2 is 2.10 bits per heavy atom. The van der Waals surface area contributed by atoms with Gasteiger partial charge in [-0.15, -0.1) is 12.4 Å². The molecular weight excluding hydrogens is 272 g/mol. The maximum atomic E-state index is 5.49. The molecule has 0 saturated carbocycles. The summed E-state index contributed by atoms with van der Waals surface area (Å²) in [6, 6.07) is 6.47. The Balaban J connectivity index is 0.00000147. The first-order valence-corrected chi connectivity index (χ1v) is 7.33. The molecule has 0 bridgehead atoms. The highest BCUT2D eigenvalue weighted by atomic mass is 35.5. The number of methoxy groups -OCH3 is 1. The van der Waals surface area contributed by atoms with E-state index in [0.29, 0.717) is 0 Å². The molecule has 1 aromatic carbocycles. The predicted octanol–water partition coefficient (Wildman–Crippen LogP) is 2.47. The summed E-state index contributed by atoms with van der Waals surface area (Å²) in [5, 5.41) is 3.53. The van der Waals surface area contributed by atoms with Gasteiger partial charge in [0.15, 0.2) is 0 Å². The third kappa shape index (κ3) is 3.27. The van der Waals surface area contributed by atoms with Gasteiger partial charge < -0.3 is 10.1 Å². The Labute approximate surface area is 128 Å². The summed E-state index contributed by atoms with van der Waals surface area (Å²) in [6.45, 7) is 8.05. The second-order valence-electron chi connectivity index (χ2n) is 6.02. The van der Waals surface area contributed by atoms with Crippen molar-refractivity contribution < 1.29 is 4.74 Å². The lowest BCUT2D eigenvalue weighted by molar-refractivity contribution is 0.141. The number of ether oxygens (including phenoxy) is 1. The SMILES string of the molecule is COc1ccc(C)cc1CN1CCC2CNCC2C1.Cl. The second-order valence-corrected chi connectivity index (χ2v) is 6.02. The van der Waals surface area contributed by atoms with Crippen LogP contribution in [0.2, 0.25) is 0 Å². The molecule has 4 heteroatoms. The molecule has 3 nitrogen and oxygen atoms in total. The first-order valence-electron chi connectivity index (χ1n) is 7.33. The summed E-state index contributed by atoms with van der Waals surface area (Å²) < 4.78 is 5.49. The molecular formula is C16H25ClN2O. The number of aryl methyl sites for hydroxylation is 1. The van der Waals surface area contributed by atoms with E-state index in [0.717, 1.165) is 24.1 Å². The van der Waals surface area contributed by atoms with Crippen molar-refractivity contribution in [3.63, 3.8) is 0 Å². The van der Waals surface area contributed by atoms with Gasteiger partial charge in [-0.2, -0.15) is 0 Å². The molecule has 2 aliphatic heterocycles. The largest absolute Gasteiger partial charge is 0.496 e. The normalized spacial score (nSPS) is 25.9. The van der Waals surface area contributed by atoms with Gasteiger partial charge in [-0.05, 0) is 50.9 Å². The minimum Gasteiger partial charge on any atom is -0.496 e.